The maximum Gasteiger partial charge on any atom is 0.348 e. The fraction of sp³-hybridized carbons (Fsp3) is 0.364. The summed E-state index contributed by atoms with van der Waals surface area (Å²) in [6.45, 7) is 1.16. The number of hydrogen-bond donors (Lipinski definition) is 0. The van der Waals surface area contributed by atoms with Crippen molar-refractivity contribution < 1.29 is 18.7 Å². The highest BCUT2D eigenvalue weighted by molar-refractivity contribution is 9.10. The summed E-state index contributed by atoms with van der Waals surface area (Å²) < 4.78 is 24.1. The quantitative estimate of drug-likeness (QED) is 0.803. The molecule has 1 aromatic rings. The number of alkyl halides is 1. The third-order valence-corrected chi connectivity index (χ3v) is 2.88. The Labute approximate surface area is 102 Å². The minimum absolute atomic E-state index is 0.215. The molecule has 0 fully saturated rings. The number of carbonyl (C=O) groups excluding carboxylic acids is 1. The first-order chi connectivity index (χ1) is 7.43. The molecule has 0 aliphatic heterocycles. The van der Waals surface area contributed by atoms with E-state index >= 15 is 0 Å². The van der Waals surface area contributed by atoms with Gasteiger partial charge in [0.2, 0.25) is 5.67 Å². The van der Waals surface area contributed by atoms with E-state index in [0.29, 0.717) is 10.2 Å². The summed E-state index contributed by atoms with van der Waals surface area (Å²) in [5, 5.41) is 0. The van der Waals surface area contributed by atoms with Gasteiger partial charge in [-0.15, -0.1) is 0 Å². The van der Waals surface area contributed by atoms with Crippen LogP contribution in [0.25, 0.3) is 0 Å². The number of hydrogen-bond acceptors (Lipinski definition) is 3. The topological polar surface area (TPSA) is 35.5 Å². The summed E-state index contributed by atoms with van der Waals surface area (Å²) >= 11 is 3.23. The smallest absolute Gasteiger partial charge is 0.348 e. The molecule has 0 heterocycles. The van der Waals surface area contributed by atoms with Gasteiger partial charge in [0, 0.05) is 5.56 Å². The monoisotopic (exact) mass is 290 g/mol. The average molecular weight is 291 g/mol. The van der Waals surface area contributed by atoms with Gasteiger partial charge in [-0.1, -0.05) is 6.07 Å². The molecular weight excluding hydrogens is 279 g/mol. The lowest BCUT2D eigenvalue weighted by Crippen LogP contribution is -2.28. The second kappa shape index (κ2) is 4.82. The van der Waals surface area contributed by atoms with Gasteiger partial charge in [-0.3, -0.25) is 0 Å². The molecule has 0 aromatic heterocycles. The number of halogens is 2. The fourth-order valence-electron chi connectivity index (χ4n) is 1.27. The van der Waals surface area contributed by atoms with Gasteiger partial charge in [-0.25, -0.2) is 9.18 Å². The molecule has 0 aliphatic rings. The Morgan fingerprint density at radius 2 is 2.06 bits per heavy atom. The van der Waals surface area contributed by atoms with Crippen molar-refractivity contribution in [3.63, 3.8) is 0 Å². The SMILES string of the molecule is COC(=O)C(C)(F)c1ccc(OC)c(Br)c1. The standard InChI is InChI=1S/C11H12BrFO3/c1-11(13,10(14)16-3)7-4-5-9(15-2)8(12)6-7/h4-6H,1-3H3. The van der Waals surface area contributed by atoms with E-state index in [-0.39, 0.29) is 5.56 Å². The molecule has 3 nitrogen and oxygen atoms in total. The zero-order chi connectivity index (χ0) is 12.3. The normalized spacial score (nSPS) is 14.1. The van der Waals surface area contributed by atoms with Crippen LogP contribution in [0.3, 0.4) is 0 Å². The van der Waals surface area contributed by atoms with Crippen molar-refractivity contribution in [2.24, 2.45) is 0 Å². The van der Waals surface area contributed by atoms with Crippen LogP contribution in [0.1, 0.15) is 12.5 Å². The molecule has 16 heavy (non-hydrogen) atoms. The van der Waals surface area contributed by atoms with Gasteiger partial charge in [0.1, 0.15) is 5.75 Å². The summed E-state index contributed by atoms with van der Waals surface area (Å²) in [7, 11) is 2.66. The highest BCUT2D eigenvalue weighted by Gasteiger charge is 2.36. The summed E-state index contributed by atoms with van der Waals surface area (Å²) in [5.74, 6) is -0.353. The molecule has 1 rings (SSSR count). The molecule has 0 bridgehead atoms. The number of esters is 1. The van der Waals surface area contributed by atoms with E-state index < -0.39 is 11.6 Å². The van der Waals surface area contributed by atoms with Crippen molar-refractivity contribution in [2.45, 2.75) is 12.6 Å². The van der Waals surface area contributed by atoms with Crippen LogP contribution in [0.2, 0.25) is 0 Å². The second-order valence-electron chi connectivity index (χ2n) is 3.34. The summed E-state index contributed by atoms with van der Waals surface area (Å²) in [5.41, 5.74) is -1.95. The Balaban J connectivity index is 3.14. The van der Waals surface area contributed by atoms with Gasteiger partial charge >= 0.3 is 5.97 Å². The lowest BCUT2D eigenvalue weighted by molar-refractivity contribution is -0.154. The van der Waals surface area contributed by atoms with Gasteiger partial charge in [0.05, 0.1) is 18.7 Å². The number of rotatable bonds is 3. The van der Waals surface area contributed by atoms with Gasteiger partial charge in [-0.05, 0) is 35.0 Å². The van der Waals surface area contributed by atoms with E-state index in [1.54, 1.807) is 6.07 Å². The van der Waals surface area contributed by atoms with Crippen LogP contribution in [-0.2, 0) is 15.2 Å². The fourth-order valence-corrected chi connectivity index (χ4v) is 1.81. The largest absolute Gasteiger partial charge is 0.496 e. The van der Waals surface area contributed by atoms with Crippen LogP contribution in [0.5, 0.6) is 5.75 Å². The van der Waals surface area contributed by atoms with Crippen LogP contribution in [0, 0.1) is 0 Å². The van der Waals surface area contributed by atoms with Gasteiger partial charge in [0.15, 0.2) is 0 Å². The van der Waals surface area contributed by atoms with Crippen molar-refractivity contribution in [1.82, 2.24) is 0 Å². The molecule has 0 radical (unpaired) electrons. The van der Waals surface area contributed by atoms with Gasteiger partial charge in [-0.2, -0.15) is 0 Å². The Bertz CT molecular complexity index is 404. The summed E-state index contributed by atoms with van der Waals surface area (Å²) in [6.07, 6.45) is 0. The first-order valence-corrected chi connectivity index (χ1v) is 5.34. The molecule has 0 saturated carbocycles. The molecule has 0 spiro atoms. The molecule has 88 valence electrons. The number of benzene rings is 1. The predicted molar refractivity (Wildman–Crippen MR) is 61.2 cm³/mol. The van der Waals surface area contributed by atoms with Crippen molar-refractivity contribution in [1.29, 1.82) is 0 Å². The number of ether oxygens (including phenoxy) is 2. The molecule has 0 saturated heterocycles. The average Bonchev–Trinajstić information content (AvgIpc) is 2.27. The van der Waals surface area contributed by atoms with Crippen LogP contribution < -0.4 is 4.74 Å². The highest BCUT2D eigenvalue weighted by atomic mass is 79.9. The maximum atomic E-state index is 14.1. The molecule has 1 aromatic carbocycles. The molecule has 0 aliphatic carbocycles. The van der Waals surface area contributed by atoms with E-state index in [0.717, 1.165) is 14.0 Å². The predicted octanol–water partition coefficient (Wildman–Crippen LogP) is 2.82. The zero-order valence-corrected chi connectivity index (χ0v) is 10.8. The Morgan fingerprint density at radius 1 is 1.44 bits per heavy atom. The van der Waals surface area contributed by atoms with Crippen molar-refractivity contribution in [3.05, 3.63) is 28.2 Å². The van der Waals surface area contributed by atoms with Crippen LogP contribution >= 0.6 is 15.9 Å². The molecule has 1 atom stereocenters. The molecule has 0 amide bonds. The zero-order valence-electron chi connectivity index (χ0n) is 9.21. The minimum Gasteiger partial charge on any atom is -0.496 e. The summed E-state index contributed by atoms with van der Waals surface area (Å²) in [6, 6.07) is 4.57. The first-order valence-electron chi connectivity index (χ1n) is 4.54. The molecule has 0 N–H and O–H groups in total. The second-order valence-corrected chi connectivity index (χ2v) is 4.20. The molecule has 1 unspecified atom stereocenters. The lowest BCUT2D eigenvalue weighted by Gasteiger charge is -2.18. The lowest BCUT2D eigenvalue weighted by atomic mass is 9.98. The van der Waals surface area contributed by atoms with Gasteiger partial charge in [0.25, 0.3) is 0 Å². The van der Waals surface area contributed by atoms with Gasteiger partial charge < -0.3 is 9.47 Å². The number of methoxy groups -OCH3 is 2. The molecular formula is C11H12BrFO3. The highest BCUT2D eigenvalue weighted by Crippen LogP contribution is 2.33. The Hall–Kier alpha value is -1.10. The van der Waals surface area contributed by atoms with Crippen LogP contribution in [0.15, 0.2) is 22.7 Å². The first kappa shape index (κ1) is 13.0. The van der Waals surface area contributed by atoms with E-state index in [1.807, 2.05) is 0 Å². The van der Waals surface area contributed by atoms with Crippen LogP contribution in [0.4, 0.5) is 4.39 Å². The third-order valence-electron chi connectivity index (χ3n) is 2.26. The van der Waals surface area contributed by atoms with Crippen molar-refractivity contribution in [2.75, 3.05) is 14.2 Å². The van der Waals surface area contributed by atoms with E-state index in [1.165, 1.54) is 19.2 Å². The summed E-state index contributed by atoms with van der Waals surface area (Å²) in [4.78, 5) is 11.3. The molecule has 5 heteroatoms. The van der Waals surface area contributed by atoms with E-state index in [4.69, 9.17) is 4.74 Å². The van der Waals surface area contributed by atoms with E-state index in [2.05, 4.69) is 20.7 Å². The van der Waals surface area contributed by atoms with Crippen LogP contribution in [-0.4, -0.2) is 20.2 Å². The van der Waals surface area contributed by atoms with E-state index in [9.17, 15) is 9.18 Å². The third kappa shape index (κ3) is 2.35. The van der Waals surface area contributed by atoms with Crippen molar-refractivity contribution >= 4 is 21.9 Å². The minimum atomic E-state index is -2.16. The Morgan fingerprint density at radius 3 is 2.50 bits per heavy atom. The maximum absolute atomic E-state index is 14.1. The van der Waals surface area contributed by atoms with Crippen molar-refractivity contribution in [3.8, 4) is 5.75 Å². The number of carbonyl (C=O) groups is 1. The Kier molecular flexibility index (Phi) is 3.91.